The van der Waals surface area contributed by atoms with Crippen LogP contribution in [0.25, 0.3) is 0 Å². The number of nitrogens with two attached hydrogens (primary N) is 1. The van der Waals surface area contributed by atoms with Crippen molar-refractivity contribution >= 4 is 11.6 Å². The Morgan fingerprint density at radius 1 is 1.59 bits per heavy atom. The zero-order valence-corrected chi connectivity index (χ0v) is 10.2. The monoisotopic (exact) mass is 234 g/mol. The van der Waals surface area contributed by atoms with E-state index in [2.05, 4.69) is 5.32 Å². The van der Waals surface area contributed by atoms with Crippen molar-refractivity contribution in [3.63, 3.8) is 0 Å². The first kappa shape index (κ1) is 11.9. The van der Waals surface area contributed by atoms with Crippen LogP contribution in [0.1, 0.15) is 18.9 Å². The number of carbonyl (C=O) groups excluding carboxylic acids is 1. The number of amides is 1. The molecule has 2 rings (SSSR count). The molecule has 0 saturated heterocycles. The summed E-state index contributed by atoms with van der Waals surface area (Å²) in [5, 5.41) is 2.87. The van der Waals surface area contributed by atoms with Crippen molar-refractivity contribution in [1.82, 2.24) is 0 Å². The average Bonchev–Trinajstić information content (AvgIpc) is 3.00. The van der Waals surface area contributed by atoms with Gasteiger partial charge in [-0.2, -0.15) is 0 Å². The molecule has 2 atom stereocenters. The predicted molar refractivity (Wildman–Crippen MR) is 67.1 cm³/mol. The lowest BCUT2D eigenvalue weighted by Gasteiger charge is -2.12. The SMILES string of the molecule is CCOc1cc(C)ccc1NC(=O)C1CC1N. The van der Waals surface area contributed by atoms with Crippen molar-refractivity contribution in [3.05, 3.63) is 23.8 Å². The molecule has 1 aromatic rings. The molecular weight excluding hydrogens is 216 g/mol. The molecule has 92 valence electrons. The van der Waals surface area contributed by atoms with Crippen molar-refractivity contribution in [2.45, 2.75) is 26.3 Å². The molecule has 2 unspecified atom stereocenters. The lowest BCUT2D eigenvalue weighted by Crippen LogP contribution is -2.19. The molecule has 0 aromatic heterocycles. The van der Waals surface area contributed by atoms with Crippen LogP contribution in [0.15, 0.2) is 18.2 Å². The Bertz CT molecular complexity index is 431. The van der Waals surface area contributed by atoms with Gasteiger partial charge in [0.2, 0.25) is 5.91 Å². The Morgan fingerprint density at radius 3 is 2.88 bits per heavy atom. The van der Waals surface area contributed by atoms with Crippen LogP contribution in [0, 0.1) is 12.8 Å². The maximum Gasteiger partial charge on any atom is 0.229 e. The average molecular weight is 234 g/mol. The predicted octanol–water partition coefficient (Wildman–Crippen LogP) is 1.68. The van der Waals surface area contributed by atoms with Gasteiger partial charge in [-0.05, 0) is 38.0 Å². The molecule has 0 radical (unpaired) electrons. The lowest BCUT2D eigenvalue weighted by molar-refractivity contribution is -0.117. The van der Waals surface area contributed by atoms with Gasteiger partial charge < -0.3 is 15.8 Å². The second-order valence-electron chi connectivity index (χ2n) is 4.43. The fraction of sp³-hybridized carbons (Fsp3) is 0.462. The lowest BCUT2D eigenvalue weighted by atomic mass is 10.2. The summed E-state index contributed by atoms with van der Waals surface area (Å²) >= 11 is 0. The van der Waals surface area contributed by atoms with Crippen LogP contribution in [0.3, 0.4) is 0 Å². The summed E-state index contributed by atoms with van der Waals surface area (Å²) in [6.45, 7) is 4.49. The highest BCUT2D eigenvalue weighted by molar-refractivity contribution is 5.96. The van der Waals surface area contributed by atoms with Gasteiger partial charge in [-0.3, -0.25) is 4.79 Å². The molecule has 0 bridgehead atoms. The summed E-state index contributed by atoms with van der Waals surface area (Å²) in [7, 11) is 0. The van der Waals surface area contributed by atoms with Crippen LogP contribution >= 0.6 is 0 Å². The van der Waals surface area contributed by atoms with E-state index in [1.165, 1.54) is 0 Å². The first-order chi connectivity index (χ1) is 8.11. The molecule has 1 fully saturated rings. The summed E-state index contributed by atoms with van der Waals surface area (Å²) in [5.74, 6) is 0.670. The van der Waals surface area contributed by atoms with E-state index in [1.54, 1.807) is 0 Å². The Hall–Kier alpha value is -1.55. The summed E-state index contributed by atoms with van der Waals surface area (Å²) in [4.78, 5) is 11.8. The number of hydrogen-bond acceptors (Lipinski definition) is 3. The first-order valence-corrected chi connectivity index (χ1v) is 5.91. The molecule has 0 aliphatic heterocycles. The van der Waals surface area contributed by atoms with Crippen LogP contribution in [0.5, 0.6) is 5.75 Å². The van der Waals surface area contributed by atoms with E-state index in [4.69, 9.17) is 10.5 Å². The van der Waals surface area contributed by atoms with Crippen molar-refractivity contribution in [2.24, 2.45) is 11.7 Å². The van der Waals surface area contributed by atoms with E-state index in [-0.39, 0.29) is 17.9 Å². The van der Waals surface area contributed by atoms with Crippen LogP contribution in [-0.2, 0) is 4.79 Å². The summed E-state index contributed by atoms with van der Waals surface area (Å²) in [6, 6.07) is 5.76. The van der Waals surface area contributed by atoms with Gasteiger partial charge in [-0.1, -0.05) is 6.07 Å². The second-order valence-corrected chi connectivity index (χ2v) is 4.43. The van der Waals surface area contributed by atoms with E-state index in [9.17, 15) is 4.79 Å². The number of aryl methyl sites for hydroxylation is 1. The summed E-state index contributed by atoms with van der Waals surface area (Å²) < 4.78 is 5.50. The molecule has 1 aromatic carbocycles. The van der Waals surface area contributed by atoms with E-state index in [1.807, 2.05) is 32.0 Å². The van der Waals surface area contributed by atoms with Gasteiger partial charge in [0.1, 0.15) is 5.75 Å². The topological polar surface area (TPSA) is 64.3 Å². The normalized spacial score (nSPS) is 22.1. The fourth-order valence-corrected chi connectivity index (χ4v) is 1.75. The molecule has 1 aliphatic rings. The second kappa shape index (κ2) is 4.75. The van der Waals surface area contributed by atoms with Crippen molar-refractivity contribution in [1.29, 1.82) is 0 Å². The fourth-order valence-electron chi connectivity index (χ4n) is 1.75. The van der Waals surface area contributed by atoms with Gasteiger partial charge >= 0.3 is 0 Å². The number of carbonyl (C=O) groups is 1. The van der Waals surface area contributed by atoms with Gasteiger partial charge in [-0.25, -0.2) is 0 Å². The van der Waals surface area contributed by atoms with Gasteiger partial charge in [0.05, 0.1) is 18.2 Å². The third-order valence-corrected chi connectivity index (χ3v) is 2.87. The van der Waals surface area contributed by atoms with Gasteiger partial charge in [0.25, 0.3) is 0 Å². The minimum atomic E-state index is -0.0363. The highest BCUT2D eigenvalue weighted by Crippen LogP contribution is 2.31. The molecule has 3 N–H and O–H groups in total. The largest absolute Gasteiger partial charge is 0.492 e. The zero-order chi connectivity index (χ0) is 12.4. The van der Waals surface area contributed by atoms with Crippen LogP contribution in [0.4, 0.5) is 5.69 Å². The smallest absolute Gasteiger partial charge is 0.229 e. The number of anilines is 1. The van der Waals surface area contributed by atoms with Crippen molar-refractivity contribution < 1.29 is 9.53 Å². The molecule has 1 amide bonds. The van der Waals surface area contributed by atoms with Gasteiger partial charge in [-0.15, -0.1) is 0 Å². The highest BCUT2D eigenvalue weighted by Gasteiger charge is 2.40. The third kappa shape index (κ3) is 2.77. The Morgan fingerprint density at radius 2 is 2.29 bits per heavy atom. The number of rotatable bonds is 4. The minimum absolute atomic E-state index is 0.0118. The highest BCUT2D eigenvalue weighted by atomic mass is 16.5. The molecule has 0 heterocycles. The van der Waals surface area contributed by atoms with Gasteiger partial charge in [0, 0.05) is 6.04 Å². The third-order valence-electron chi connectivity index (χ3n) is 2.87. The van der Waals surface area contributed by atoms with E-state index < -0.39 is 0 Å². The summed E-state index contributed by atoms with van der Waals surface area (Å²) in [5.41, 5.74) is 7.48. The Labute approximate surface area is 101 Å². The minimum Gasteiger partial charge on any atom is -0.492 e. The van der Waals surface area contributed by atoms with Crippen LogP contribution < -0.4 is 15.8 Å². The van der Waals surface area contributed by atoms with Crippen LogP contribution in [-0.4, -0.2) is 18.6 Å². The molecule has 4 nitrogen and oxygen atoms in total. The van der Waals surface area contributed by atoms with Gasteiger partial charge in [0.15, 0.2) is 0 Å². The number of ether oxygens (including phenoxy) is 1. The molecule has 17 heavy (non-hydrogen) atoms. The standard InChI is InChI=1S/C13H18N2O2/c1-3-17-12-6-8(2)4-5-11(12)15-13(16)9-7-10(9)14/h4-6,9-10H,3,7,14H2,1-2H3,(H,15,16). The molecule has 0 spiro atoms. The number of nitrogens with one attached hydrogen (secondary N) is 1. The maximum absolute atomic E-state index is 11.8. The van der Waals surface area contributed by atoms with Crippen molar-refractivity contribution in [3.8, 4) is 5.75 Å². The van der Waals surface area contributed by atoms with E-state index >= 15 is 0 Å². The molecule has 4 heteroatoms. The first-order valence-electron chi connectivity index (χ1n) is 5.91. The summed E-state index contributed by atoms with van der Waals surface area (Å²) in [6.07, 6.45) is 0.779. The van der Waals surface area contributed by atoms with E-state index in [0.717, 1.165) is 23.4 Å². The number of hydrogen-bond donors (Lipinski definition) is 2. The Kier molecular flexibility index (Phi) is 3.33. The zero-order valence-electron chi connectivity index (χ0n) is 10.2. The maximum atomic E-state index is 11.8. The van der Waals surface area contributed by atoms with Crippen molar-refractivity contribution in [2.75, 3.05) is 11.9 Å². The number of benzene rings is 1. The van der Waals surface area contributed by atoms with Crippen LogP contribution in [0.2, 0.25) is 0 Å². The molecule has 1 aliphatic carbocycles. The molecule has 1 saturated carbocycles. The Balaban J connectivity index is 2.11. The molecular formula is C13H18N2O2. The quantitative estimate of drug-likeness (QED) is 0.833. The van der Waals surface area contributed by atoms with E-state index in [0.29, 0.717) is 6.61 Å².